The maximum absolute atomic E-state index is 11.5. The number of hydrogen-bond donors (Lipinski definition) is 1. The lowest BCUT2D eigenvalue weighted by atomic mass is 9.99. The number of urea groups is 1. The SMILES string of the molecule is NC(=O)N1C2C=CC=CC2=C2CCCC21. The number of nitrogens with two attached hydrogens (primary N) is 1. The minimum atomic E-state index is -0.292. The number of allylic oxidation sites excluding steroid dienone is 2. The molecular formula is C12H14N2O. The molecule has 0 aromatic heterocycles. The summed E-state index contributed by atoms with van der Waals surface area (Å²) in [6, 6.07) is 0.0852. The van der Waals surface area contributed by atoms with E-state index in [2.05, 4.69) is 12.2 Å². The van der Waals surface area contributed by atoms with E-state index in [1.54, 1.807) is 0 Å². The fraction of sp³-hybridized carbons (Fsp3) is 0.417. The van der Waals surface area contributed by atoms with Crippen molar-refractivity contribution in [2.75, 3.05) is 0 Å². The van der Waals surface area contributed by atoms with Crippen LogP contribution in [0.5, 0.6) is 0 Å². The van der Waals surface area contributed by atoms with Gasteiger partial charge in [0.15, 0.2) is 0 Å². The summed E-state index contributed by atoms with van der Waals surface area (Å²) < 4.78 is 0. The zero-order valence-corrected chi connectivity index (χ0v) is 8.52. The number of amides is 2. The molecule has 3 nitrogen and oxygen atoms in total. The quantitative estimate of drug-likeness (QED) is 0.638. The van der Waals surface area contributed by atoms with Crippen molar-refractivity contribution in [2.45, 2.75) is 31.3 Å². The molecule has 3 aliphatic rings. The first kappa shape index (κ1) is 8.77. The van der Waals surface area contributed by atoms with Crippen LogP contribution in [0, 0.1) is 0 Å². The van der Waals surface area contributed by atoms with Gasteiger partial charge in [-0.2, -0.15) is 0 Å². The largest absolute Gasteiger partial charge is 0.351 e. The van der Waals surface area contributed by atoms with Gasteiger partial charge >= 0.3 is 6.03 Å². The Morgan fingerprint density at radius 1 is 1.47 bits per heavy atom. The standard InChI is InChI=1S/C12H14N2O/c13-12(15)14-10-6-2-1-4-8(10)9-5-3-7-11(9)14/h1-2,4,6,10-11H,3,5,7H2,(H2,13,15). The molecular weight excluding hydrogens is 188 g/mol. The summed E-state index contributed by atoms with van der Waals surface area (Å²) in [7, 11) is 0. The van der Waals surface area contributed by atoms with Crippen molar-refractivity contribution < 1.29 is 4.79 Å². The highest BCUT2D eigenvalue weighted by atomic mass is 16.2. The third kappa shape index (κ3) is 1.09. The highest BCUT2D eigenvalue weighted by Crippen LogP contribution is 2.42. The Morgan fingerprint density at radius 3 is 3.13 bits per heavy atom. The predicted molar refractivity (Wildman–Crippen MR) is 58.2 cm³/mol. The van der Waals surface area contributed by atoms with Crippen molar-refractivity contribution >= 4 is 6.03 Å². The molecule has 1 aliphatic heterocycles. The fourth-order valence-electron chi connectivity index (χ4n) is 3.03. The monoisotopic (exact) mass is 202 g/mol. The number of rotatable bonds is 0. The van der Waals surface area contributed by atoms with Gasteiger partial charge in [0, 0.05) is 0 Å². The minimum absolute atomic E-state index is 0.104. The molecule has 0 aromatic rings. The number of primary amides is 1. The second-order valence-electron chi connectivity index (χ2n) is 4.32. The molecule has 1 fully saturated rings. The zero-order chi connectivity index (χ0) is 10.4. The van der Waals surface area contributed by atoms with E-state index in [9.17, 15) is 4.79 Å². The lowest BCUT2D eigenvalue weighted by Crippen LogP contribution is -2.45. The van der Waals surface area contributed by atoms with Gasteiger partial charge in [0.1, 0.15) is 0 Å². The molecule has 2 amide bonds. The van der Waals surface area contributed by atoms with Crippen molar-refractivity contribution in [1.29, 1.82) is 0 Å². The lowest BCUT2D eigenvalue weighted by molar-refractivity contribution is 0.194. The van der Waals surface area contributed by atoms with Gasteiger partial charge in [-0.25, -0.2) is 4.79 Å². The lowest BCUT2D eigenvalue weighted by Gasteiger charge is -2.28. The molecule has 15 heavy (non-hydrogen) atoms. The Morgan fingerprint density at radius 2 is 2.33 bits per heavy atom. The van der Waals surface area contributed by atoms with Gasteiger partial charge in [0.05, 0.1) is 12.1 Å². The molecule has 78 valence electrons. The molecule has 1 heterocycles. The molecule has 2 N–H and O–H groups in total. The molecule has 0 radical (unpaired) electrons. The van der Waals surface area contributed by atoms with Gasteiger partial charge in [0.2, 0.25) is 0 Å². The van der Waals surface area contributed by atoms with Crippen LogP contribution < -0.4 is 5.73 Å². The van der Waals surface area contributed by atoms with E-state index in [-0.39, 0.29) is 18.1 Å². The summed E-state index contributed by atoms with van der Waals surface area (Å²) in [6.45, 7) is 0. The second-order valence-corrected chi connectivity index (χ2v) is 4.32. The maximum atomic E-state index is 11.5. The highest BCUT2D eigenvalue weighted by molar-refractivity contribution is 5.76. The summed E-state index contributed by atoms with van der Waals surface area (Å²) in [5.74, 6) is 0. The van der Waals surface area contributed by atoms with Crippen molar-refractivity contribution in [1.82, 2.24) is 4.90 Å². The van der Waals surface area contributed by atoms with Gasteiger partial charge < -0.3 is 10.6 Å². The normalized spacial score (nSPS) is 32.1. The van der Waals surface area contributed by atoms with E-state index in [1.165, 1.54) is 17.6 Å². The molecule has 0 spiro atoms. The highest BCUT2D eigenvalue weighted by Gasteiger charge is 2.42. The zero-order valence-electron chi connectivity index (χ0n) is 8.52. The van der Waals surface area contributed by atoms with Crippen molar-refractivity contribution in [3.05, 3.63) is 35.5 Å². The van der Waals surface area contributed by atoms with Crippen molar-refractivity contribution in [2.24, 2.45) is 5.73 Å². The number of carbonyl (C=O) groups excluding carboxylic acids is 1. The van der Waals surface area contributed by atoms with Crippen LogP contribution >= 0.6 is 0 Å². The Balaban J connectivity index is 2.07. The first-order valence-electron chi connectivity index (χ1n) is 5.44. The number of hydrogen-bond acceptors (Lipinski definition) is 1. The number of nitrogens with zero attached hydrogens (tertiary/aromatic N) is 1. The maximum Gasteiger partial charge on any atom is 0.316 e. The van der Waals surface area contributed by atoms with Gasteiger partial charge in [-0.15, -0.1) is 0 Å². The summed E-state index contributed by atoms with van der Waals surface area (Å²) >= 11 is 0. The smallest absolute Gasteiger partial charge is 0.316 e. The van der Waals surface area contributed by atoms with Crippen molar-refractivity contribution in [3.63, 3.8) is 0 Å². The van der Waals surface area contributed by atoms with Crippen LogP contribution in [0.1, 0.15) is 19.3 Å². The summed E-state index contributed by atoms with van der Waals surface area (Å²) in [4.78, 5) is 13.3. The average molecular weight is 202 g/mol. The molecule has 0 bridgehead atoms. The van der Waals surface area contributed by atoms with E-state index >= 15 is 0 Å². The number of carbonyl (C=O) groups is 1. The van der Waals surface area contributed by atoms with E-state index in [0.717, 1.165) is 12.8 Å². The van der Waals surface area contributed by atoms with Crippen LogP contribution in [0.15, 0.2) is 35.5 Å². The molecule has 2 unspecified atom stereocenters. The van der Waals surface area contributed by atoms with E-state index in [4.69, 9.17) is 5.73 Å². The molecule has 0 saturated heterocycles. The van der Waals surface area contributed by atoms with Crippen LogP contribution in [0.2, 0.25) is 0 Å². The minimum Gasteiger partial charge on any atom is -0.351 e. The third-order valence-electron chi connectivity index (χ3n) is 3.59. The molecule has 3 rings (SSSR count). The third-order valence-corrected chi connectivity index (χ3v) is 3.59. The van der Waals surface area contributed by atoms with Crippen LogP contribution in [0.3, 0.4) is 0 Å². The molecule has 0 aromatic carbocycles. The first-order valence-corrected chi connectivity index (χ1v) is 5.44. The second kappa shape index (κ2) is 2.99. The molecule has 1 saturated carbocycles. The van der Waals surface area contributed by atoms with Gasteiger partial charge in [-0.05, 0) is 30.4 Å². The fourth-order valence-corrected chi connectivity index (χ4v) is 3.03. The van der Waals surface area contributed by atoms with Gasteiger partial charge in [0.25, 0.3) is 0 Å². The van der Waals surface area contributed by atoms with Crippen molar-refractivity contribution in [3.8, 4) is 0 Å². The topological polar surface area (TPSA) is 46.3 Å². The molecule has 2 atom stereocenters. The van der Waals surface area contributed by atoms with Crippen LogP contribution in [-0.4, -0.2) is 23.0 Å². The summed E-state index contributed by atoms with van der Waals surface area (Å²) in [6.07, 6.45) is 11.6. The Bertz CT molecular complexity index is 406. The van der Waals surface area contributed by atoms with Crippen LogP contribution in [-0.2, 0) is 0 Å². The van der Waals surface area contributed by atoms with Gasteiger partial charge in [-0.3, -0.25) is 0 Å². The first-order chi connectivity index (χ1) is 7.29. The van der Waals surface area contributed by atoms with E-state index < -0.39 is 0 Å². The van der Waals surface area contributed by atoms with Gasteiger partial charge in [-0.1, -0.05) is 24.3 Å². The summed E-state index contributed by atoms with van der Waals surface area (Å²) in [5.41, 5.74) is 8.20. The summed E-state index contributed by atoms with van der Waals surface area (Å²) in [5, 5.41) is 0. The molecule has 3 heteroatoms. The van der Waals surface area contributed by atoms with Crippen LogP contribution in [0.4, 0.5) is 4.79 Å². The molecule has 2 aliphatic carbocycles. The average Bonchev–Trinajstić information content (AvgIpc) is 2.75. The Labute approximate surface area is 88.9 Å². The van der Waals surface area contributed by atoms with E-state index in [1.807, 2.05) is 17.1 Å². The van der Waals surface area contributed by atoms with Crippen LogP contribution in [0.25, 0.3) is 0 Å². The Hall–Kier alpha value is -1.51. The predicted octanol–water partition coefficient (Wildman–Crippen LogP) is 1.72. The number of fused-ring (bicyclic) bond motifs is 2. The van der Waals surface area contributed by atoms with E-state index in [0.29, 0.717) is 0 Å². The Kier molecular flexibility index (Phi) is 1.75.